The van der Waals surface area contributed by atoms with Crippen LogP contribution < -0.4 is 5.56 Å². The Hall–Kier alpha value is -3.00. The number of hydrogen-bond acceptors (Lipinski definition) is 5. The minimum Gasteiger partial charge on any atom is -0.342 e. The predicted octanol–water partition coefficient (Wildman–Crippen LogP) is 2.06. The average Bonchev–Trinajstić information content (AvgIpc) is 3.47. The monoisotopic (exact) mass is 422 g/mol. The standard InChI is InChI=1S/C22H22N4O3S/c27-18-14-17(26-12-13-30-21(26)23-18)19(28)25-11-8-22(15-25)7-10-24(20(22)29)9-6-16-4-2-1-3-5-16/h1-5,12-14H,6-11,15H2. The molecule has 2 amide bonds. The highest BCUT2D eigenvalue weighted by molar-refractivity contribution is 7.15. The first kappa shape index (κ1) is 19.0. The number of carbonyl (C=O) groups excluding carboxylic acids is 2. The van der Waals surface area contributed by atoms with Crippen molar-refractivity contribution < 1.29 is 9.59 Å². The van der Waals surface area contributed by atoms with Crippen LogP contribution in [0.2, 0.25) is 0 Å². The van der Waals surface area contributed by atoms with Crippen molar-refractivity contribution in [3.8, 4) is 0 Å². The lowest BCUT2D eigenvalue weighted by molar-refractivity contribution is -0.135. The molecule has 2 aliphatic rings. The lowest BCUT2D eigenvalue weighted by Crippen LogP contribution is -2.39. The molecular formula is C22H22N4O3S. The smallest absolute Gasteiger partial charge is 0.274 e. The van der Waals surface area contributed by atoms with Crippen molar-refractivity contribution in [3.05, 3.63) is 69.6 Å². The Morgan fingerprint density at radius 3 is 2.77 bits per heavy atom. The fourth-order valence-corrected chi connectivity index (χ4v) is 5.34. The van der Waals surface area contributed by atoms with Gasteiger partial charge in [-0.2, -0.15) is 4.98 Å². The van der Waals surface area contributed by atoms with Gasteiger partial charge in [0.25, 0.3) is 11.5 Å². The molecule has 1 aromatic carbocycles. The fourth-order valence-electron chi connectivity index (χ4n) is 4.62. The third-order valence-corrected chi connectivity index (χ3v) is 7.05. The summed E-state index contributed by atoms with van der Waals surface area (Å²) in [6.07, 6.45) is 4.03. The van der Waals surface area contributed by atoms with Crippen molar-refractivity contribution in [1.82, 2.24) is 19.2 Å². The van der Waals surface area contributed by atoms with Gasteiger partial charge in [-0.15, -0.1) is 11.3 Å². The molecule has 154 valence electrons. The number of aromatic nitrogens is 2. The van der Waals surface area contributed by atoms with Crippen LogP contribution in [-0.2, 0) is 11.2 Å². The van der Waals surface area contributed by atoms with Crippen molar-refractivity contribution >= 4 is 28.1 Å². The predicted molar refractivity (Wildman–Crippen MR) is 114 cm³/mol. The van der Waals surface area contributed by atoms with E-state index < -0.39 is 11.0 Å². The van der Waals surface area contributed by atoms with Gasteiger partial charge in [-0.05, 0) is 24.8 Å². The second kappa shape index (κ2) is 7.36. The lowest BCUT2D eigenvalue weighted by Gasteiger charge is -2.24. The molecule has 1 spiro atoms. The molecule has 0 aliphatic carbocycles. The molecule has 0 saturated carbocycles. The number of hydrogen-bond donors (Lipinski definition) is 0. The van der Waals surface area contributed by atoms with Crippen molar-refractivity contribution in [3.63, 3.8) is 0 Å². The molecule has 8 heteroatoms. The highest BCUT2D eigenvalue weighted by atomic mass is 32.1. The maximum absolute atomic E-state index is 13.2. The first-order chi connectivity index (χ1) is 14.6. The Morgan fingerprint density at radius 2 is 1.93 bits per heavy atom. The molecule has 2 aromatic heterocycles. The summed E-state index contributed by atoms with van der Waals surface area (Å²) in [6.45, 7) is 2.38. The van der Waals surface area contributed by atoms with E-state index >= 15 is 0 Å². The Kier molecular flexibility index (Phi) is 4.66. The Balaban J connectivity index is 1.30. The number of benzene rings is 1. The van der Waals surface area contributed by atoms with Crippen molar-refractivity contribution in [2.24, 2.45) is 5.41 Å². The summed E-state index contributed by atoms with van der Waals surface area (Å²) in [7, 11) is 0. The van der Waals surface area contributed by atoms with E-state index in [2.05, 4.69) is 17.1 Å². The van der Waals surface area contributed by atoms with E-state index in [-0.39, 0.29) is 11.8 Å². The van der Waals surface area contributed by atoms with Crippen LogP contribution in [0.15, 0.2) is 52.8 Å². The minimum atomic E-state index is -0.488. The van der Waals surface area contributed by atoms with Gasteiger partial charge in [-0.3, -0.25) is 18.8 Å². The molecule has 3 aromatic rings. The van der Waals surface area contributed by atoms with E-state index in [1.54, 1.807) is 20.9 Å². The number of amides is 2. The second-order valence-electron chi connectivity index (χ2n) is 8.07. The summed E-state index contributed by atoms with van der Waals surface area (Å²) in [6, 6.07) is 11.5. The van der Waals surface area contributed by atoms with Crippen molar-refractivity contribution in [1.29, 1.82) is 0 Å². The summed E-state index contributed by atoms with van der Waals surface area (Å²) in [5.41, 5.74) is 0.628. The SMILES string of the molecule is O=C(c1cc(=O)nc2sccn12)N1CCC2(CCN(CCc3ccccc3)C2=O)C1. The summed E-state index contributed by atoms with van der Waals surface area (Å²) in [4.78, 5) is 46.4. The average molecular weight is 423 g/mol. The van der Waals surface area contributed by atoms with Crippen LogP contribution >= 0.6 is 11.3 Å². The third-order valence-electron chi connectivity index (χ3n) is 6.29. The molecule has 2 saturated heterocycles. The van der Waals surface area contributed by atoms with E-state index in [9.17, 15) is 14.4 Å². The molecule has 4 heterocycles. The second-order valence-corrected chi connectivity index (χ2v) is 8.94. The molecule has 2 fully saturated rings. The maximum Gasteiger partial charge on any atom is 0.274 e. The van der Waals surface area contributed by atoms with Crippen LogP contribution in [0.1, 0.15) is 28.9 Å². The number of thiazole rings is 1. The molecule has 7 nitrogen and oxygen atoms in total. The van der Waals surface area contributed by atoms with Crippen molar-refractivity contribution in [2.75, 3.05) is 26.2 Å². The minimum absolute atomic E-state index is 0.154. The maximum atomic E-state index is 13.2. The number of fused-ring (bicyclic) bond motifs is 1. The Labute approximate surface area is 177 Å². The molecule has 0 radical (unpaired) electrons. The van der Waals surface area contributed by atoms with E-state index in [4.69, 9.17) is 0 Å². The quantitative estimate of drug-likeness (QED) is 0.645. The Morgan fingerprint density at radius 1 is 1.13 bits per heavy atom. The molecule has 1 unspecified atom stereocenters. The van der Waals surface area contributed by atoms with Gasteiger partial charge in [0.05, 0.1) is 5.41 Å². The van der Waals surface area contributed by atoms with E-state index in [0.717, 1.165) is 19.4 Å². The topological polar surface area (TPSA) is 75.0 Å². The zero-order chi connectivity index (χ0) is 20.7. The van der Waals surface area contributed by atoms with Gasteiger partial charge in [0, 0.05) is 43.8 Å². The molecule has 2 aliphatic heterocycles. The first-order valence-corrected chi connectivity index (χ1v) is 11.0. The largest absolute Gasteiger partial charge is 0.342 e. The number of rotatable bonds is 4. The summed E-state index contributed by atoms with van der Waals surface area (Å²) in [5, 5.41) is 1.80. The van der Waals surface area contributed by atoms with Crippen molar-refractivity contribution in [2.45, 2.75) is 19.3 Å². The highest BCUT2D eigenvalue weighted by Crippen LogP contribution is 2.41. The van der Waals surface area contributed by atoms with Gasteiger partial charge in [0.1, 0.15) is 5.69 Å². The lowest BCUT2D eigenvalue weighted by atomic mass is 9.85. The van der Waals surface area contributed by atoms with Crippen LogP contribution in [0.3, 0.4) is 0 Å². The van der Waals surface area contributed by atoms with Gasteiger partial charge in [0.15, 0.2) is 4.96 Å². The zero-order valence-corrected chi connectivity index (χ0v) is 17.3. The van der Waals surface area contributed by atoms with Crippen LogP contribution in [-0.4, -0.2) is 57.2 Å². The molecule has 1 atom stereocenters. The van der Waals surface area contributed by atoms with Gasteiger partial charge in [-0.25, -0.2) is 0 Å². The van der Waals surface area contributed by atoms with Crippen LogP contribution in [0.25, 0.3) is 4.96 Å². The molecule has 0 N–H and O–H groups in total. The fraction of sp³-hybridized carbons (Fsp3) is 0.364. The highest BCUT2D eigenvalue weighted by Gasteiger charge is 2.51. The van der Waals surface area contributed by atoms with E-state index in [1.165, 1.54) is 23.0 Å². The number of likely N-dealkylation sites (tertiary alicyclic amines) is 2. The first-order valence-electron chi connectivity index (χ1n) is 10.2. The van der Waals surface area contributed by atoms with Crippen LogP contribution in [0.4, 0.5) is 0 Å². The van der Waals surface area contributed by atoms with Gasteiger partial charge < -0.3 is 9.80 Å². The number of nitrogens with zero attached hydrogens (tertiary/aromatic N) is 4. The van der Waals surface area contributed by atoms with Gasteiger partial charge in [0.2, 0.25) is 5.91 Å². The zero-order valence-electron chi connectivity index (χ0n) is 16.5. The van der Waals surface area contributed by atoms with Crippen LogP contribution in [0, 0.1) is 5.41 Å². The van der Waals surface area contributed by atoms with Gasteiger partial charge >= 0.3 is 0 Å². The molecular weight excluding hydrogens is 400 g/mol. The Bertz CT molecular complexity index is 1170. The van der Waals surface area contributed by atoms with E-state index in [1.807, 2.05) is 23.1 Å². The summed E-state index contributed by atoms with van der Waals surface area (Å²) in [5.74, 6) is -0.0587. The normalized spacial score (nSPS) is 21.3. The number of carbonyl (C=O) groups is 2. The van der Waals surface area contributed by atoms with Crippen LogP contribution in [0.5, 0.6) is 0 Å². The molecule has 30 heavy (non-hydrogen) atoms. The summed E-state index contributed by atoms with van der Waals surface area (Å²) >= 11 is 1.32. The summed E-state index contributed by atoms with van der Waals surface area (Å²) < 4.78 is 1.65. The van der Waals surface area contributed by atoms with Gasteiger partial charge in [-0.1, -0.05) is 30.3 Å². The van der Waals surface area contributed by atoms with E-state index in [0.29, 0.717) is 36.7 Å². The third kappa shape index (κ3) is 3.21. The molecule has 5 rings (SSSR count). The molecule has 0 bridgehead atoms.